The van der Waals surface area contributed by atoms with Crippen LogP contribution in [0.3, 0.4) is 0 Å². The number of benzene rings is 1. The van der Waals surface area contributed by atoms with Crippen molar-refractivity contribution in [2.75, 3.05) is 0 Å². The largest absolute Gasteiger partial charge is 0.392 e. The molecule has 1 aromatic rings. The van der Waals surface area contributed by atoms with Crippen LogP contribution >= 0.6 is 0 Å². The fourth-order valence-corrected chi connectivity index (χ4v) is 0.850. The lowest BCUT2D eigenvalue weighted by Gasteiger charge is -2.03. The molecule has 0 atom stereocenters. The van der Waals surface area contributed by atoms with Gasteiger partial charge in [0.05, 0.1) is 6.61 Å². The molecule has 66 valence electrons. The molecule has 1 rings (SSSR count). The fraction of sp³-hybridized carbons (Fsp3) is 0.250. The molecule has 0 radical (unpaired) electrons. The Bertz CT molecular complexity index is 310. The first-order chi connectivity index (χ1) is 5.57. The number of rotatable bonds is 1. The summed E-state index contributed by atoms with van der Waals surface area (Å²) in [7, 11) is 0. The maximum atomic E-state index is 12.7. The summed E-state index contributed by atoms with van der Waals surface area (Å²) in [6, 6.07) is 0.785. The van der Waals surface area contributed by atoms with Gasteiger partial charge in [-0.05, 0) is 13.0 Å². The normalized spacial score (nSPS) is 10.4. The zero-order valence-corrected chi connectivity index (χ0v) is 6.37. The molecule has 0 saturated heterocycles. The molecule has 0 unspecified atom stereocenters. The average Bonchev–Trinajstić information content (AvgIpc) is 2.08. The van der Waals surface area contributed by atoms with Gasteiger partial charge in [-0.3, -0.25) is 0 Å². The van der Waals surface area contributed by atoms with Crippen molar-refractivity contribution in [1.82, 2.24) is 0 Å². The van der Waals surface area contributed by atoms with E-state index in [-0.39, 0.29) is 11.1 Å². The summed E-state index contributed by atoms with van der Waals surface area (Å²) in [5.41, 5.74) is -0.736. The standard InChI is InChI=1S/C8H7F3O/c1-4-6(9)2-5(3-12)8(11)7(4)10/h2,12H,3H2,1H3. The van der Waals surface area contributed by atoms with E-state index < -0.39 is 24.1 Å². The summed E-state index contributed by atoms with van der Waals surface area (Å²) in [5, 5.41) is 8.48. The molecule has 0 amide bonds. The van der Waals surface area contributed by atoms with Crippen LogP contribution in [0.15, 0.2) is 6.07 Å². The van der Waals surface area contributed by atoms with Crippen LogP contribution in [-0.4, -0.2) is 5.11 Å². The van der Waals surface area contributed by atoms with E-state index in [4.69, 9.17) is 5.11 Å². The van der Waals surface area contributed by atoms with Gasteiger partial charge in [-0.25, -0.2) is 13.2 Å². The minimum Gasteiger partial charge on any atom is -0.392 e. The van der Waals surface area contributed by atoms with Crippen LogP contribution in [0.2, 0.25) is 0 Å². The Balaban J connectivity index is 3.39. The molecular formula is C8H7F3O. The topological polar surface area (TPSA) is 20.2 Å². The molecule has 1 nitrogen and oxygen atoms in total. The molecule has 1 N–H and O–H groups in total. The smallest absolute Gasteiger partial charge is 0.165 e. The van der Waals surface area contributed by atoms with E-state index >= 15 is 0 Å². The van der Waals surface area contributed by atoms with Crippen molar-refractivity contribution in [2.24, 2.45) is 0 Å². The van der Waals surface area contributed by atoms with E-state index in [2.05, 4.69) is 0 Å². The highest BCUT2D eigenvalue weighted by atomic mass is 19.2. The molecule has 0 heterocycles. The van der Waals surface area contributed by atoms with Gasteiger partial charge in [0.2, 0.25) is 0 Å². The predicted molar refractivity (Wildman–Crippen MR) is 37.0 cm³/mol. The van der Waals surface area contributed by atoms with E-state index in [1.54, 1.807) is 0 Å². The lowest BCUT2D eigenvalue weighted by Crippen LogP contribution is -2.00. The van der Waals surface area contributed by atoms with Gasteiger partial charge < -0.3 is 5.11 Å². The quantitative estimate of drug-likeness (QED) is 0.648. The average molecular weight is 176 g/mol. The molecule has 0 aliphatic carbocycles. The molecular weight excluding hydrogens is 169 g/mol. The van der Waals surface area contributed by atoms with Crippen LogP contribution in [0.25, 0.3) is 0 Å². The van der Waals surface area contributed by atoms with Gasteiger partial charge in [0.25, 0.3) is 0 Å². The maximum absolute atomic E-state index is 12.7. The Morgan fingerprint density at radius 3 is 2.33 bits per heavy atom. The van der Waals surface area contributed by atoms with E-state index in [1.165, 1.54) is 0 Å². The first-order valence-corrected chi connectivity index (χ1v) is 3.31. The Morgan fingerprint density at radius 2 is 1.83 bits per heavy atom. The van der Waals surface area contributed by atoms with Crippen LogP contribution in [0, 0.1) is 24.4 Å². The first-order valence-electron chi connectivity index (χ1n) is 3.31. The Hall–Kier alpha value is -1.03. The van der Waals surface area contributed by atoms with Crippen LogP contribution in [0.4, 0.5) is 13.2 Å². The number of aliphatic hydroxyl groups excluding tert-OH is 1. The third-order valence-corrected chi connectivity index (χ3v) is 1.63. The van der Waals surface area contributed by atoms with Crippen molar-refractivity contribution in [3.8, 4) is 0 Å². The van der Waals surface area contributed by atoms with Gasteiger partial charge in [-0.2, -0.15) is 0 Å². The second-order valence-electron chi connectivity index (χ2n) is 2.43. The summed E-state index contributed by atoms with van der Waals surface area (Å²) >= 11 is 0. The summed E-state index contributed by atoms with van der Waals surface area (Å²) in [6.07, 6.45) is 0. The van der Waals surface area contributed by atoms with Crippen LogP contribution in [0.5, 0.6) is 0 Å². The van der Waals surface area contributed by atoms with Crippen LogP contribution < -0.4 is 0 Å². The third-order valence-electron chi connectivity index (χ3n) is 1.63. The van der Waals surface area contributed by atoms with Crippen molar-refractivity contribution in [3.63, 3.8) is 0 Å². The monoisotopic (exact) mass is 176 g/mol. The summed E-state index contributed by atoms with van der Waals surface area (Å²) in [5.74, 6) is -3.27. The molecule has 0 saturated carbocycles. The minimum absolute atomic E-state index is 0.365. The highest BCUT2D eigenvalue weighted by Gasteiger charge is 2.14. The zero-order valence-electron chi connectivity index (χ0n) is 6.37. The molecule has 0 bridgehead atoms. The Labute approximate surface area is 67.5 Å². The zero-order chi connectivity index (χ0) is 9.30. The predicted octanol–water partition coefficient (Wildman–Crippen LogP) is 1.90. The molecule has 0 fully saturated rings. The Morgan fingerprint density at radius 1 is 1.25 bits per heavy atom. The van der Waals surface area contributed by atoms with E-state index in [0.29, 0.717) is 0 Å². The maximum Gasteiger partial charge on any atom is 0.165 e. The number of aliphatic hydroxyl groups is 1. The molecule has 12 heavy (non-hydrogen) atoms. The molecule has 0 aliphatic heterocycles. The molecule has 4 heteroatoms. The highest BCUT2D eigenvalue weighted by molar-refractivity contribution is 5.26. The molecule has 0 aliphatic rings. The van der Waals surface area contributed by atoms with E-state index in [0.717, 1.165) is 13.0 Å². The number of hydrogen-bond donors (Lipinski definition) is 1. The molecule has 0 spiro atoms. The number of hydrogen-bond acceptors (Lipinski definition) is 1. The van der Waals surface area contributed by atoms with Gasteiger partial charge in [-0.1, -0.05) is 0 Å². The fourth-order valence-electron chi connectivity index (χ4n) is 0.850. The van der Waals surface area contributed by atoms with Crippen molar-refractivity contribution in [3.05, 3.63) is 34.6 Å². The summed E-state index contributed by atoms with van der Waals surface area (Å²) in [6.45, 7) is 0.425. The van der Waals surface area contributed by atoms with Crippen LogP contribution in [-0.2, 0) is 6.61 Å². The molecule has 1 aromatic carbocycles. The lowest BCUT2D eigenvalue weighted by atomic mass is 10.1. The summed E-state index contributed by atoms with van der Waals surface area (Å²) in [4.78, 5) is 0. The Kier molecular flexibility index (Phi) is 2.38. The van der Waals surface area contributed by atoms with Gasteiger partial charge >= 0.3 is 0 Å². The second kappa shape index (κ2) is 3.15. The van der Waals surface area contributed by atoms with Crippen molar-refractivity contribution >= 4 is 0 Å². The van der Waals surface area contributed by atoms with E-state index in [1.807, 2.05) is 0 Å². The third kappa shape index (κ3) is 1.30. The van der Waals surface area contributed by atoms with Crippen molar-refractivity contribution < 1.29 is 18.3 Å². The van der Waals surface area contributed by atoms with Crippen molar-refractivity contribution in [2.45, 2.75) is 13.5 Å². The van der Waals surface area contributed by atoms with Gasteiger partial charge in [0.1, 0.15) is 5.82 Å². The van der Waals surface area contributed by atoms with Gasteiger partial charge in [0, 0.05) is 11.1 Å². The first kappa shape index (κ1) is 9.06. The van der Waals surface area contributed by atoms with E-state index in [9.17, 15) is 13.2 Å². The highest BCUT2D eigenvalue weighted by Crippen LogP contribution is 2.18. The summed E-state index contributed by atoms with van der Waals surface area (Å²) < 4.78 is 38.1. The molecule has 0 aromatic heterocycles. The lowest BCUT2D eigenvalue weighted by molar-refractivity contribution is 0.272. The number of halogens is 3. The minimum atomic E-state index is -1.24. The SMILES string of the molecule is Cc1c(F)cc(CO)c(F)c1F. The second-order valence-corrected chi connectivity index (χ2v) is 2.43. The van der Waals surface area contributed by atoms with Crippen LogP contribution in [0.1, 0.15) is 11.1 Å². The van der Waals surface area contributed by atoms with Gasteiger partial charge in [0.15, 0.2) is 11.6 Å². The van der Waals surface area contributed by atoms with Crippen molar-refractivity contribution in [1.29, 1.82) is 0 Å². The van der Waals surface area contributed by atoms with Gasteiger partial charge in [-0.15, -0.1) is 0 Å².